The molecule has 0 bridgehead atoms. The molecule has 1 N–H and O–H groups in total. The summed E-state index contributed by atoms with van der Waals surface area (Å²) in [4.78, 5) is 32.2. The van der Waals surface area contributed by atoms with Gasteiger partial charge in [-0.1, -0.05) is 30.2 Å². The number of halogens is 2. The molecule has 0 aliphatic carbocycles. The molecular weight excluding hydrogens is 532 g/mol. The molecule has 0 unspecified atom stereocenters. The van der Waals surface area contributed by atoms with Gasteiger partial charge in [0.05, 0.1) is 22.5 Å². The van der Waals surface area contributed by atoms with Crippen molar-refractivity contribution in [3.05, 3.63) is 93.5 Å². The van der Waals surface area contributed by atoms with Crippen molar-refractivity contribution in [1.82, 2.24) is 15.2 Å². The predicted octanol–water partition coefficient (Wildman–Crippen LogP) is 6.54. The van der Waals surface area contributed by atoms with Crippen LogP contribution in [0.1, 0.15) is 71.4 Å². The average Bonchev–Trinajstić information content (AvgIpc) is 3.65. The number of likely N-dealkylation sites (tertiary alicyclic amines) is 1. The van der Waals surface area contributed by atoms with Crippen LogP contribution in [0.4, 0.5) is 8.78 Å². The molecule has 1 aromatic carbocycles. The number of nitrogens with one attached hydrogen (secondary N) is 1. The van der Waals surface area contributed by atoms with Crippen LogP contribution in [0.25, 0.3) is 5.57 Å². The van der Waals surface area contributed by atoms with Crippen LogP contribution in [0.3, 0.4) is 0 Å². The highest BCUT2D eigenvalue weighted by Crippen LogP contribution is 2.32. The summed E-state index contributed by atoms with van der Waals surface area (Å²) in [6.07, 6.45) is 13.2. The Balaban J connectivity index is 1.41. The first kappa shape index (κ1) is 29.0. The Morgan fingerprint density at radius 1 is 1.27 bits per heavy atom. The van der Waals surface area contributed by atoms with Crippen molar-refractivity contribution in [2.24, 2.45) is 0 Å². The lowest BCUT2D eigenvalue weighted by molar-refractivity contribution is -0.132. The number of hydrogen-bond acceptors (Lipinski definition) is 5. The first-order valence-electron chi connectivity index (χ1n) is 13.1. The van der Waals surface area contributed by atoms with Crippen molar-refractivity contribution in [1.29, 1.82) is 0 Å². The van der Waals surface area contributed by atoms with E-state index in [4.69, 9.17) is 10.8 Å². The number of amides is 2. The van der Waals surface area contributed by atoms with E-state index in [1.807, 2.05) is 17.0 Å². The molecule has 0 radical (unpaired) electrons. The van der Waals surface area contributed by atoms with Crippen LogP contribution in [-0.2, 0) is 17.1 Å². The van der Waals surface area contributed by atoms with Crippen LogP contribution >= 0.6 is 11.3 Å². The minimum atomic E-state index is -3.03. The van der Waals surface area contributed by atoms with Crippen LogP contribution in [0.5, 0.6) is 0 Å². The monoisotopic (exact) mass is 563 g/mol. The van der Waals surface area contributed by atoms with E-state index in [9.17, 15) is 18.4 Å². The minimum absolute atomic E-state index is 0.106. The number of terminal acetylenes is 1. The summed E-state index contributed by atoms with van der Waals surface area (Å²) in [5.74, 6) is 0.138. The zero-order chi connectivity index (χ0) is 28.7. The third-order valence-corrected chi connectivity index (χ3v) is 7.78. The molecule has 40 heavy (non-hydrogen) atoms. The van der Waals surface area contributed by atoms with E-state index in [1.54, 1.807) is 36.8 Å². The van der Waals surface area contributed by atoms with E-state index in [1.165, 1.54) is 29.5 Å². The Hall–Kier alpha value is -4.03. The second-order valence-electron chi connectivity index (χ2n) is 9.66. The van der Waals surface area contributed by atoms with Gasteiger partial charge in [0, 0.05) is 49.7 Å². The number of piperidine rings is 1. The second-order valence-corrected chi connectivity index (χ2v) is 10.6. The highest BCUT2D eigenvalue weighted by Gasteiger charge is 2.27. The van der Waals surface area contributed by atoms with E-state index in [0.29, 0.717) is 37.2 Å². The lowest BCUT2D eigenvalue weighted by Gasteiger charge is -2.31. The van der Waals surface area contributed by atoms with Gasteiger partial charge in [-0.3, -0.25) is 9.59 Å². The predicted molar refractivity (Wildman–Crippen MR) is 152 cm³/mol. The smallest absolute Gasteiger partial charge is 0.275 e. The summed E-state index contributed by atoms with van der Waals surface area (Å²) < 4.78 is 33.1. The van der Waals surface area contributed by atoms with Gasteiger partial charge in [-0.25, -0.2) is 13.8 Å². The van der Waals surface area contributed by atoms with E-state index >= 15 is 0 Å². The SMILES string of the molecule is C#C/C(=C(\C=C/C)NC(=O)c1csc(C2CCN(C(=O)CCc3ccco3)CC2)n1)c1cccc(C(C)(F)F)c1. The van der Waals surface area contributed by atoms with Crippen LogP contribution in [-0.4, -0.2) is 34.8 Å². The molecule has 1 fully saturated rings. The normalized spacial score (nSPS) is 15.1. The van der Waals surface area contributed by atoms with E-state index in [0.717, 1.165) is 30.5 Å². The summed E-state index contributed by atoms with van der Waals surface area (Å²) in [6.45, 7) is 3.87. The van der Waals surface area contributed by atoms with Crippen molar-refractivity contribution in [3.63, 3.8) is 0 Å². The van der Waals surface area contributed by atoms with Gasteiger partial charge >= 0.3 is 0 Å². The molecule has 1 aliphatic rings. The molecule has 208 valence electrons. The number of aromatic nitrogens is 1. The fraction of sp³-hybridized carbons (Fsp3) is 0.323. The largest absolute Gasteiger partial charge is 0.469 e. The fourth-order valence-electron chi connectivity index (χ4n) is 4.60. The molecule has 3 aromatic rings. The number of benzene rings is 1. The van der Waals surface area contributed by atoms with Crippen molar-refractivity contribution >= 4 is 28.7 Å². The molecular formula is C31H31F2N3O3S. The number of furan rings is 1. The highest BCUT2D eigenvalue weighted by molar-refractivity contribution is 7.09. The molecule has 2 aromatic heterocycles. The summed E-state index contributed by atoms with van der Waals surface area (Å²) >= 11 is 1.41. The molecule has 0 spiro atoms. The number of thiazole rings is 1. The van der Waals surface area contributed by atoms with Gasteiger partial charge in [-0.05, 0) is 49.6 Å². The van der Waals surface area contributed by atoms with Gasteiger partial charge in [0.2, 0.25) is 5.91 Å². The number of rotatable bonds is 9. The Bertz CT molecular complexity index is 1440. The number of carbonyl (C=O) groups excluding carboxylic acids is 2. The number of carbonyl (C=O) groups is 2. The van der Waals surface area contributed by atoms with Crippen molar-refractivity contribution in [2.75, 3.05) is 13.1 Å². The minimum Gasteiger partial charge on any atom is -0.469 e. The maximum Gasteiger partial charge on any atom is 0.275 e. The van der Waals surface area contributed by atoms with E-state index in [2.05, 4.69) is 16.2 Å². The van der Waals surface area contributed by atoms with Crippen LogP contribution in [0.15, 0.2) is 70.3 Å². The highest BCUT2D eigenvalue weighted by atomic mass is 32.1. The molecule has 9 heteroatoms. The molecule has 2 amide bonds. The standard InChI is InChI=1S/C31H31F2N3O3S/c1-4-8-26(25(5-2)22-9-6-10-23(19-22)31(3,32)33)34-29(38)27-20-40-30(35-27)21-14-16-36(17-15-21)28(37)13-12-24-11-7-18-39-24/h2,4,6-11,18-21H,12-17H2,1,3H3,(H,34,38)/b8-4-,26-25-. The molecule has 1 aliphatic heterocycles. The lowest BCUT2D eigenvalue weighted by atomic mass is 9.97. The first-order valence-corrected chi connectivity index (χ1v) is 14.0. The summed E-state index contributed by atoms with van der Waals surface area (Å²) in [7, 11) is 0. The Labute approximate surface area is 236 Å². The molecule has 1 saturated heterocycles. The van der Waals surface area contributed by atoms with Gasteiger partial charge in [0.15, 0.2) is 0 Å². The van der Waals surface area contributed by atoms with Crippen LogP contribution in [0.2, 0.25) is 0 Å². The zero-order valence-corrected chi connectivity index (χ0v) is 23.3. The van der Waals surface area contributed by atoms with E-state index in [-0.39, 0.29) is 28.7 Å². The Morgan fingerprint density at radius 3 is 2.70 bits per heavy atom. The summed E-state index contributed by atoms with van der Waals surface area (Å²) in [5.41, 5.74) is 1.10. The zero-order valence-electron chi connectivity index (χ0n) is 22.5. The van der Waals surface area contributed by atoms with E-state index < -0.39 is 11.8 Å². The number of hydrogen-bond donors (Lipinski definition) is 1. The number of aryl methyl sites for hydroxylation is 1. The lowest BCUT2D eigenvalue weighted by Crippen LogP contribution is -2.38. The molecule has 0 atom stereocenters. The molecule has 0 saturated carbocycles. The molecule has 3 heterocycles. The van der Waals surface area contributed by atoms with Gasteiger partial charge in [0.25, 0.3) is 11.8 Å². The van der Waals surface area contributed by atoms with Gasteiger partial charge in [-0.15, -0.1) is 17.8 Å². The van der Waals surface area contributed by atoms with Crippen LogP contribution in [0, 0.1) is 12.3 Å². The quantitative estimate of drug-likeness (QED) is 0.237. The van der Waals surface area contributed by atoms with Gasteiger partial charge < -0.3 is 14.6 Å². The van der Waals surface area contributed by atoms with Gasteiger partial charge in [0.1, 0.15) is 11.5 Å². The third kappa shape index (κ3) is 7.13. The average molecular weight is 564 g/mol. The second kappa shape index (κ2) is 12.9. The maximum absolute atomic E-state index is 13.9. The maximum atomic E-state index is 13.9. The van der Waals surface area contributed by atoms with Crippen LogP contribution < -0.4 is 5.32 Å². The number of alkyl halides is 2. The fourth-order valence-corrected chi connectivity index (χ4v) is 5.57. The summed E-state index contributed by atoms with van der Waals surface area (Å²) in [6, 6.07) is 9.50. The molecule has 4 rings (SSSR count). The Morgan fingerprint density at radius 2 is 2.05 bits per heavy atom. The molecule has 6 nitrogen and oxygen atoms in total. The van der Waals surface area contributed by atoms with Crippen molar-refractivity contribution < 1.29 is 22.8 Å². The summed E-state index contributed by atoms with van der Waals surface area (Å²) in [5, 5.41) is 5.36. The van der Waals surface area contributed by atoms with Crippen molar-refractivity contribution in [3.8, 4) is 12.3 Å². The number of allylic oxidation sites excluding steroid dienone is 3. The van der Waals surface area contributed by atoms with Gasteiger partial charge in [-0.2, -0.15) is 0 Å². The number of nitrogens with zero attached hydrogens (tertiary/aromatic N) is 2. The Kier molecular flexibility index (Phi) is 9.33. The first-order chi connectivity index (χ1) is 19.2. The third-order valence-electron chi connectivity index (χ3n) is 6.77. The van der Waals surface area contributed by atoms with Crippen molar-refractivity contribution in [2.45, 2.75) is 51.4 Å². The topological polar surface area (TPSA) is 75.4 Å².